The van der Waals surface area contributed by atoms with Gasteiger partial charge >= 0.3 is 27.6 Å². The molecule has 14 nitrogen and oxygen atoms in total. The van der Waals surface area contributed by atoms with E-state index in [1.807, 2.05) is 24.3 Å². The van der Waals surface area contributed by atoms with Crippen molar-refractivity contribution in [2.75, 3.05) is 26.4 Å². The Bertz CT molecular complexity index is 1200. The van der Waals surface area contributed by atoms with Gasteiger partial charge in [-0.2, -0.15) is 0 Å². The molecule has 5 atom stereocenters. The minimum absolute atomic E-state index is 0.101. The Labute approximate surface area is 329 Å². The Morgan fingerprint density at radius 1 is 0.636 bits per heavy atom. The van der Waals surface area contributed by atoms with E-state index in [9.17, 15) is 33.8 Å². The van der Waals surface area contributed by atoms with Crippen molar-refractivity contribution in [3.8, 4) is 0 Å². The van der Waals surface area contributed by atoms with Gasteiger partial charge in [0.2, 0.25) is 0 Å². The topological polar surface area (TPSA) is 216 Å². The summed E-state index contributed by atoms with van der Waals surface area (Å²) in [6.45, 7) is 3.74. The Kier molecular flexibility index (Phi) is 32.9. The second kappa shape index (κ2) is 34.1. The quantitative estimate of drug-likeness (QED) is 0.0174. The van der Waals surface area contributed by atoms with Gasteiger partial charge in [0.25, 0.3) is 0 Å². The summed E-state index contributed by atoms with van der Waals surface area (Å²) in [5, 5.41) is 19.5. The van der Waals surface area contributed by atoms with Crippen LogP contribution < -0.4 is 0 Å². The first kappa shape index (κ1) is 53.0. The molecule has 0 saturated carbocycles. The highest BCUT2D eigenvalue weighted by Gasteiger charge is 2.28. The molecule has 0 aromatic heterocycles. The lowest BCUT2D eigenvalue weighted by molar-refractivity contribution is -0.161. The zero-order valence-electron chi connectivity index (χ0n) is 33.3. The molecular formula is C39H70O14P2. The van der Waals surface area contributed by atoms with E-state index in [4.69, 9.17) is 23.8 Å². The Balaban J connectivity index is 4.67. The number of rotatable bonds is 36. The first-order valence-electron chi connectivity index (χ1n) is 19.8. The third-order valence-corrected chi connectivity index (χ3v) is 9.76. The van der Waals surface area contributed by atoms with Crippen LogP contribution in [0.5, 0.6) is 0 Å². The Hall–Kier alpha value is -1.96. The number of hydrogen-bond donors (Lipinski definition) is 5. The molecule has 0 amide bonds. The van der Waals surface area contributed by atoms with E-state index in [2.05, 4.69) is 54.1 Å². The average Bonchev–Trinajstić information content (AvgIpc) is 3.14. The van der Waals surface area contributed by atoms with E-state index in [0.717, 1.165) is 70.1 Å². The number of unbranched alkanes of at least 4 members (excludes halogenated alkanes) is 7. The van der Waals surface area contributed by atoms with Crippen LogP contribution in [0.1, 0.15) is 136 Å². The lowest BCUT2D eigenvalue weighted by atomic mass is 10.00. The summed E-state index contributed by atoms with van der Waals surface area (Å²) >= 11 is 0. The fraction of sp³-hybridized carbons (Fsp3) is 0.744. The maximum absolute atomic E-state index is 12.6. The zero-order valence-corrected chi connectivity index (χ0v) is 35.1. The predicted molar refractivity (Wildman–Crippen MR) is 213 cm³/mol. The van der Waals surface area contributed by atoms with E-state index in [1.54, 1.807) is 0 Å². The molecule has 0 aliphatic rings. The van der Waals surface area contributed by atoms with Gasteiger partial charge in [0.1, 0.15) is 12.7 Å². The van der Waals surface area contributed by atoms with Gasteiger partial charge in [0.05, 0.1) is 25.9 Å². The largest absolute Gasteiger partial charge is 0.472 e. The maximum Gasteiger partial charge on any atom is 0.472 e. The fourth-order valence-electron chi connectivity index (χ4n) is 4.86. The van der Waals surface area contributed by atoms with Crippen molar-refractivity contribution in [2.45, 2.75) is 155 Å². The van der Waals surface area contributed by atoms with Crippen LogP contribution in [-0.2, 0) is 41.8 Å². The van der Waals surface area contributed by atoms with E-state index >= 15 is 0 Å². The molecule has 0 radical (unpaired) electrons. The molecule has 0 heterocycles. The molecule has 320 valence electrons. The molecule has 0 saturated heterocycles. The molecular weight excluding hydrogens is 754 g/mol. The second-order valence-electron chi connectivity index (χ2n) is 13.6. The standard InChI is InChI=1S/C39H70O14P2/c1-4-6-26-35(40)27-22-18-13-11-9-7-8-10-12-14-19-23-28-38(42)49-32-37(33-52-55(47,48)51-31-36(41)30-50-54(44,45)46)53-39(43)29-24-20-16-15-17-21-25-34(3)5-2/h7-8,11-14,22,27,34-37,40-41H,4-6,9-10,15-21,23-26,28-33H2,1-3H3,(H,47,48)(H2,44,45,46)/b8-7-,13-11-,14-12-,27-22-/t34?,35-,36-,37+/m0/s1. The highest BCUT2D eigenvalue weighted by molar-refractivity contribution is 7.47. The molecule has 16 heteroatoms. The summed E-state index contributed by atoms with van der Waals surface area (Å²) in [4.78, 5) is 52.4. The Morgan fingerprint density at radius 2 is 1.20 bits per heavy atom. The summed E-state index contributed by atoms with van der Waals surface area (Å²) in [5.74, 6) is -0.396. The van der Waals surface area contributed by atoms with Gasteiger partial charge in [0, 0.05) is 12.8 Å². The number of aliphatic hydroxyl groups is 2. The molecule has 0 spiro atoms. The van der Waals surface area contributed by atoms with Crippen LogP contribution in [0.2, 0.25) is 0 Å². The van der Waals surface area contributed by atoms with Crippen molar-refractivity contribution < 1.29 is 66.7 Å². The van der Waals surface area contributed by atoms with Crippen molar-refractivity contribution in [2.24, 2.45) is 5.92 Å². The van der Waals surface area contributed by atoms with E-state index in [1.165, 1.54) is 19.3 Å². The van der Waals surface area contributed by atoms with Crippen molar-refractivity contribution in [1.82, 2.24) is 0 Å². The van der Waals surface area contributed by atoms with E-state index < -0.39 is 66.2 Å². The normalized spacial score (nSPS) is 15.9. The third-order valence-electron chi connectivity index (χ3n) is 8.32. The third kappa shape index (κ3) is 37.4. The number of esters is 2. The van der Waals surface area contributed by atoms with Crippen LogP contribution in [0.3, 0.4) is 0 Å². The van der Waals surface area contributed by atoms with Gasteiger partial charge in [-0.25, -0.2) is 9.13 Å². The van der Waals surface area contributed by atoms with Crippen LogP contribution in [0.25, 0.3) is 0 Å². The average molecular weight is 825 g/mol. The predicted octanol–water partition coefficient (Wildman–Crippen LogP) is 8.33. The SMILES string of the molecule is CCCC[C@H](O)/C=C\C/C=C\C/C=C\C/C=C\CCCC(=O)OC[C@H](COP(=O)(O)OC[C@@H](O)COP(=O)(O)O)OC(=O)CCCCCCCCC(C)CC. The van der Waals surface area contributed by atoms with Gasteiger partial charge in [0.15, 0.2) is 6.10 Å². The molecule has 0 bridgehead atoms. The van der Waals surface area contributed by atoms with Crippen LogP contribution >= 0.6 is 15.6 Å². The molecule has 2 unspecified atom stereocenters. The van der Waals surface area contributed by atoms with Crippen molar-refractivity contribution in [3.63, 3.8) is 0 Å². The number of carbonyl (C=O) groups is 2. The van der Waals surface area contributed by atoms with Crippen LogP contribution in [-0.4, -0.2) is 81.6 Å². The van der Waals surface area contributed by atoms with Gasteiger partial charge in [-0.3, -0.25) is 23.2 Å². The molecule has 0 aromatic carbocycles. The van der Waals surface area contributed by atoms with E-state index in [0.29, 0.717) is 19.3 Å². The summed E-state index contributed by atoms with van der Waals surface area (Å²) in [7, 11) is -9.69. The first-order chi connectivity index (χ1) is 26.2. The fourth-order valence-corrected chi connectivity index (χ4v) is 6.02. The van der Waals surface area contributed by atoms with Crippen LogP contribution in [0, 0.1) is 5.92 Å². The summed E-state index contributed by atoms with van der Waals surface area (Å²) in [6.07, 6.45) is 27.7. The van der Waals surface area contributed by atoms with Gasteiger partial charge < -0.3 is 34.4 Å². The molecule has 0 aliphatic carbocycles. The molecule has 0 aliphatic heterocycles. The highest BCUT2D eigenvalue weighted by atomic mass is 31.2. The lowest BCUT2D eigenvalue weighted by Crippen LogP contribution is -2.30. The summed E-state index contributed by atoms with van der Waals surface area (Å²) in [6, 6.07) is 0. The second-order valence-corrected chi connectivity index (χ2v) is 16.3. The monoisotopic (exact) mass is 824 g/mol. The van der Waals surface area contributed by atoms with Gasteiger partial charge in [-0.15, -0.1) is 0 Å². The number of ether oxygens (including phenoxy) is 2. The number of phosphoric ester groups is 2. The van der Waals surface area contributed by atoms with Crippen LogP contribution in [0.4, 0.5) is 0 Å². The lowest BCUT2D eigenvalue weighted by Gasteiger charge is -2.20. The van der Waals surface area contributed by atoms with Crippen molar-refractivity contribution in [1.29, 1.82) is 0 Å². The number of allylic oxidation sites excluding steroid dienone is 7. The molecule has 5 N–H and O–H groups in total. The van der Waals surface area contributed by atoms with E-state index in [-0.39, 0.29) is 18.9 Å². The molecule has 0 aromatic rings. The summed E-state index contributed by atoms with van der Waals surface area (Å²) < 4.78 is 47.5. The number of aliphatic hydroxyl groups excluding tert-OH is 2. The van der Waals surface area contributed by atoms with Crippen molar-refractivity contribution >= 4 is 27.6 Å². The van der Waals surface area contributed by atoms with Crippen LogP contribution in [0.15, 0.2) is 48.6 Å². The maximum atomic E-state index is 12.6. The number of carbonyl (C=O) groups excluding carboxylic acids is 2. The minimum atomic E-state index is -4.87. The smallest absolute Gasteiger partial charge is 0.462 e. The molecule has 0 fully saturated rings. The molecule has 0 rings (SSSR count). The number of hydrogen-bond acceptors (Lipinski definition) is 11. The van der Waals surface area contributed by atoms with Gasteiger partial charge in [-0.05, 0) is 50.9 Å². The first-order valence-corrected chi connectivity index (χ1v) is 22.8. The molecule has 55 heavy (non-hydrogen) atoms. The highest BCUT2D eigenvalue weighted by Crippen LogP contribution is 2.43. The summed E-state index contributed by atoms with van der Waals surface area (Å²) in [5.41, 5.74) is 0. The Morgan fingerprint density at radius 3 is 1.84 bits per heavy atom. The minimum Gasteiger partial charge on any atom is -0.462 e. The zero-order chi connectivity index (χ0) is 41.2. The van der Waals surface area contributed by atoms with Gasteiger partial charge in [-0.1, -0.05) is 127 Å². The van der Waals surface area contributed by atoms with Crippen molar-refractivity contribution in [3.05, 3.63) is 48.6 Å². The number of phosphoric acid groups is 2.